The Morgan fingerprint density at radius 2 is 2.10 bits per heavy atom. The van der Waals surface area contributed by atoms with Crippen molar-refractivity contribution in [2.75, 3.05) is 17.7 Å². The van der Waals surface area contributed by atoms with Crippen molar-refractivity contribution in [3.63, 3.8) is 0 Å². The Labute approximate surface area is 124 Å². The second kappa shape index (κ2) is 7.14. The highest BCUT2D eigenvalue weighted by Gasteiger charge is 2.14. The van der Waals surface area contributed by atoms with E-state index in [1.54, 1.807) is 0 Å². The molecule has 1 atom stereocenters. The largest absolute Gasteiger partial charge is 0.487 e. The van der Waals surface area contributed by atoms with Gasteiger partial charge in [0.15, 0.2) is 16.6 Å². The van der Waals surface area contributed by atoms with Gasteiger partial charge in [-0.25, -0.2) is 0 Å². The van der Waals surface area contributed by atoms with Crippen molar-refractivity contribution in [3.05, 3.63) is 35.9 Å². The van der Waals surface area contributed by atoms with Crippen LogP contribution in [0.5, 0.6) is 5.75 Å². The quantitative estimate of drug-likeness (QED) is 0.819. The first kappa shape index (κ1) is 14.7. The van der Waals surface area contributed by atoms with E-state index >= 15 is 0 Å². The van der Waals surface area contributed by atoms with Crippen molar-refractivity contribution in [3.8, 4) is 5.75 Å². The molecule has 108 valence electrons. The van der Waals surface area contributed by atoms with E-state index in [9.17, 15) is 0 Å². The zero-order valence-corrected chi connectivity index (χ0v) is 12.7. The summed E-state index contributed by atoms with van der Waals surface area (Å²) in [5, 5.41) is 4.36. The van der Waals surface area contributed by atoms with Crippen LogP contribution in [-0.2, 0) is 6.42 Å². The zero-order chi connectivity index (χ0) is 14.4. The Kier molecular flexibility index (Phi) is 5.24. The second-order valence-corrected chi connectivity index (χ2v) is 5.50. The highest BCUT2D eigenvalue weighted by Crippen LogP contribution is 2.35. The summed E-state index contributed by atoms with van der Waals surface area (Å²) in [4.78, 5) is 0. The molecule has 1 heterocycles. The summed E-state index contributed by atoms with van der Waals surface area (Å²) in [6.07, 6.45) is 2.10. The maximum absolute atomic E-state index is 5.80. The average Bonchev–Trinajstić information content (AvgIpc) is 2.80. The summed E-state index contributed by atoms with van der Waals surface area (Å²) >= 11 is 1.36. The first-order chi connectivity index (χ1) is 9.70. The third-order valence-electron chi connectivity index (χ3n) is 3.05. The Morgan fingerprint density at radius 1 is 1.35 bits per heavy atom. The van der Waals surface area contributed by atoms with Crippen LogP contribution in [0.2, 0.25) is 0 Å². The summed E-state index contributed by atoms with van der Waals surface area (Å²) < 4.78 is 9.67. The van der Waals surface area contributed by atoms with E-state index in [1.807, 2.05) is 13.0 Å². The molecule has 5 heteroatoms. The van der Waals surface area contributed by atoms with Gasteiger partial charge in [-0.15, -0.1) is 0 Å². The normalized spacial score (nSPS) is 12.1. The van der Waals surface area contributed by atoms with Crippen LogP contribution in [0, 0.1) is 0 Å². The number of benzene rings is 1. The van der Waals surface area contributed by atoms with Gasteiger partial charge in [0.1, 0.15) is 0 Å². The van der Waals surface area contributed by atoms with E-state index in [4.69, 9.17) is 10.5 Å². The van der Waals surface area contributed by atoms with Gasteiger partial charge in [-0.3, -0.25) is 0 Å². The molecule has 1 aromatic carbocycles. The predicted molar refractivity (Wildman–Crippen MR) is 85.5 cm³/mol. The summed E-state index contributed by atoms with van der Waals surface area (Å²) in [6, 6.07) is 10.8. The van der Waals surface area contributed by atoms with Crippen LogP contribution in [0.25, 0.3) is 0 Å². The molecule has 0 spiro atoms. The SMILES string of the molecule is CCOc1c(N)nsc1NC(C)CCc1ccccc1. The molecular weight excluding hydrogens is 270 g/mol. The van der Waals surface area contributed by atoms with Crippen molar-refractivity contribution in [2.24, 2.45) is 0 Å². The number of rotatable bonds is 7. The van der Waals surface area contributed by atoms with E-state index < -0.39 is 0 Å². The molecule has 2 rings (SSSR count). The van der Waals surface area contributed by atoms with Crippen molar-refractivity contribution in [2.45, 2.75) is 32.7 Å². The van der Waals surface area contributed by atoms with Crippen LogP contribution in [0.3, 0.4) is 0 Å². The van der Waals surface area contributed by atoms with Crippen LogP contribution in [-0.4, -0.2) is 17.0 Å². The molecule has 0 amide bonds. The van der Waals surface area contributed by atoms with Gasteiger partial charge in [-0.2, -0.15) is 4.37 Å². The fourth-order valence-corrected chi connectivity index (χ4v) is 2.77. The van der Waals surface area contributed by atoms with Crippen LogP contribution in [0.4, 0.5) is 10.8 Å². The lowest BCUT2D eigenvalue weighted by Crippen LogP contribution is -2.15. The zero-order valence-electron chi connectivity index (χ0n) is 11.9. The molecule has 20 heavy (non-hydrogen) atoms. The third-order valence-corrected chi connectivity index (χ3v) is 3.82. The Morgan fingerprint density at radius 3 is 2.80 bits per heavy atom. The monoisotopic (exact) mass is 291 g/mol. The van der Waals surface area contributed by atoms with Gasteiger partial charge >= 0.3 is 0 Å². The first-order valence-electron chi connectivity index (χ1n) is 6.89. The van der Waals surface area contributed by atoms with Crippen LogP contribution < -0.4 is 15.8 Å². The molecular formula is C15H21N3OS. The molecule has 0 aliphatic carbocycles. The van der Waals surface area contributed by atoms with Gasteiger partial charge in [-0.1, -0.05) is 30.3 Å². The van der Waals surface area contributed by atoms with E-state index in [2.05, 4.69) is 40.9 Å². The van der Waals surface area contributed by atoms with E-state index in [0.717, 1.165) is 17.8 Å². The Balaban J connectivity index is 1.89. The standard InChI is InChI=1S/C15H21N3OS/c1-3-19-13-14(16)18-20-15(13)17-11(2)9-10-12-7-5-4-6-8-12/h4-8,11,17H,3,9-10H2,1-2H3,(H2,16,18). The molecule has 0 aliphatic rings. The molecule has 0 bridgehead atoms. The summed E-state index contributed by atoms with van der Waals surface area (Å²) in [5.41, 5.74) is 7.16. The lowest BCUT2D eigenvalue weighted by Gasteiger charge is -2.15. The molecule has 1 unspecified atom stereocenters. The molecule has 0 saturated carbocycles. The number of aromatic nitrogens is 1. The number of aryl methyl sites for hydroxylation is 1. The maximum Gasteiger partial charge on any atom is 0.197 e. The van der Waals surface area contributed by atoms with Crippen molar-refractivity contribution in [1.29, 1.82) is 0 Å². The van der Waals surface area contributed by atoms with Crippen molar-refractivity contribution < 1.29 is 4.74 Å². The van der Waals surface area contributed by atoms with E-state index in [1.165, 1.54) is 17.1 Å². The predicted octanol–water partition coefficient (Wildman–Crippen LogP) is 3.56. The highest BCUT2D eigenvalue weighted by molar-refractivity contribution is 7.11. The van der Waals surface area contributed by atoms with Gasteiger partial charge in [0.25, 0.3) is 0 Å². The molecule has 0 fully saturated rings. The van der Waals surface area contributed by atoms with Crippen LogP contribution in [0.1, 0.15) is 25.8 Å². The van der Waals surface area contributed by atoms with Gasteiger partial charge in [0, 0.05) is 6.04 Å². The molecule has 2 aromatic rings. The minimum atomic E-state index is 0.342. The number of nitrogen functional groups attached to an aromatic ring is 1. The minimum Gasteiger partial charge on any atom is -0.487 e. The molecule has 1 aromatic heterocycles. The van der Waals surface area contributed by atoms with Gasteiger partial charge < -0.3 is 15.8 Å². The van der Waals surface area contributed by atoms with Gasteiger partial charge in [0.05, 0.1) is 6.61 Å². The Bertz CT molecular complexity index is 527. The van der Waals surface area contributed by atoms with Crippen LogP contribution >= 0.6 is 11.5 Å². The third kappa shape index (κ3) is 3.87. The number of ether oxygens (including phenoxy) is 1. The van der Waals surface area contributed by atoms with Crippen molar-refractivity contribution in [1.82, 2.24) is 4.37 Å². The highest BCUT2D eigenvalue weighted by atomic mass is 32.1. The Hall–Kier alpha value is -1.75. The molecule has 4 nitrogen and oxygen atoms in total. The molecule has 3 N–H and O–H groups in total. The number of hydrogen-bond donors (Lipinski definition) is 2. The number of nitrogens with one attached hydrogen (secondary N) is 1. The summed E-state index contributed by atoms with van der Waals surface area (Å²) in [7, 11) is 0. The van der Waals surface area contributed by atoms with Gasteiger partial charge in [0.2, 0.25) is 0 Å². The van der Waals surface area contributed by atoms with Gasteiger partial charge in [-0.05, 0) is 43.8 Å². The number of anilines is 2. The lowest BCUT2D eigenvalue weighted by molar-refractivity contribution is 0.344. The number of hydrogen-bond acceptors (Lipinski definition) is 5. The summed E-state index contributed by atoms with van der Waals surface area (Å²) in [6.45, 7) is 4.70. The minimum absolute atomic E-state index is 0.342. The van der Waals surface area contributed by atoms with Crippen molar-refractivity contribution >= 4 is 22.4 Å². The fraction of sp³-hybridized carbons (Fsp3) is 0.400. The number of nitrogens with zero attached hydrogens (tertiary/aromatic N) is 1. The smallest absolute Gasteiger partial charge is 0.197 e. The molecule has 0 saturated heterocycles. The topological polar surface area (TPSA) is 60.2 Å². The maximum atomic E-state index is 5.80. The van der Waals surface area contributed by atoms with E-state index in [0.29, 0.717) is 24.2 Å². The fourth-order valence-electron chi connectivity index (χ4n) is 1.99. The molecule has 0 aliphatic heterocycles. The summed E-state index contributed by atoms with van der Waals surface area (Å²) in [5.74, 6) is 1.15. The molecule has 0 radical (unpaired) electrons. The number of nitrogens with two attached hydrogens (primary N) is 1. The lowest BCUT2D eigenvalue weighted by atomic mass is 10.1. The van der Waals surface area contributed by atoms with Crippen LogP contribution in [0.15, 0.2) is 30.3 Å². The van der Waals surface area contributed by atoms with E-state index in [-0.39, 0.29) is 0 Å². The second-order valence-electron chi connectivity index (χ2n) is 4.73. The first-order valence-corrected chi connectivity index (χ1v) is 7.66. The average molecular weight is 291 g/mol.